The molecule has 0 radical (unpaired) electrons. The van der Waals surface area contributed by atoms with Crippen molar-refractivity contribution in [3.05, 3.63) is 78.4 Å². The van der Waals surface area contributed by atoms with Crippen LogP contribution >= 0.6 is 0 Å². The second-order valence-electron chi connectivity index (χ2n) is 10.1. The minimum absolute atomic E-state index is 0.00820. The molecule has 172 valence electrons. The molecule has 1 fully saturated rings. The van der Waals surface area contributed by atoms with Gasteiger partial charge in [-0.3, -0.25) is 4.79 Å². The van der Waals surface area contributed by atoms with Gasteiger partial charge in [-0.15, -0.1) is 0 Å². The summed E-state index contributed by atoms with van der Waals surface area (Å²) in [5.74, 6) is 0.744. The summed E-state index contributed by atoms with van der Waals surface area (Å²) < 4.78 is 5.97. The standard InChI is InChI=1S/C27H32N4O2/c1-26(2)13-23(14-27(3,4)31-26)30-25(32)20-10-8-19(9-11-20)17-33-24-7-5-6-21(12-24)22-15-28-18-29-16-22/h5-12,15-16,18,23,31H,13-14,17H2,1-4H3,(H,30,32). The molecule has 2 aromatic carbocycles. The second-order valence-corrected chi connectivity index (χ2v) is 10.1. The van der Waals surface area contributed by atoms with Gasteiger partial charge in [-0.25, -0.2) is 9.97 Å². The number of ether oxygens (including phenoxy) is 1. The first-order valence-electron chi connectivity index (χ1n) is 11.4. The molecule has 0 aliphatic carbocycles. The number of hydrogen-bond donors (Lipinski definition) is 2. The number of carbonyl (C=O) groups is 1. The van der Waals surface area contributed by atoms with E-state index >= 15 is 0 Å². The third-order valence-electron chi connectivity index (χ3n) is 5.87. The normalized spacial score (nSPS) is 17.3. The maximum Gasteiger partial charge on any atom is 0.251 e. The molecule has 3 aromatic rings. The highest BCUT2D eigenvalue weighted by Gasteiger charge is 2.38. The molecule has 1 aliphatic heterocycles. The van der Waals surface area contributed by atoms with Gasteiger partial charge in [0.25, 0.3) is 5.91 Å². The van der Waals surface area contributed by atoms with Gasteiger partial charge >= 0.3 is 0 Å². The number of nitrogens with zero attached hydrogens (tertiary/aromatic N) is 2. The third kappa shape index (κ3) is 6.17. The molecule has 1 saturated heterocycles. The Bertz CT molecular complexity index is 1080. The maximum absolute atomic E-state index is 12.8. The molecular formula is C27H32N4O2. The molecule has 0 spiro atoms. The van der Waals surface area contributed by atoms with Crippen molar-refractivity contribution >= 4 is 5.91 Å². The molecule has 1 amide bonds. The minimum Gasteiger partial charge on any atom is -0.489 e. The topological polar surface area (TPSA) is 76.1 Å². The van der Waals surface area contributed by atoms with E-state index in [1.807, 2.05) is 48.5 Å². The highest BCUT2D eigenvalue weighted by molar-refractivity contribution is 5.94. The molecular weight excluding hydrogens is 412 g/mol. The van der Waals surface area contributed by atoms with E-state index in [2.05, 4.69) is 48.3 Å². The first-order valence-corrected chi connectivity index (χ1v) is 11.4. The van der Waals surface area contributed by atoms with E-state index < -0.39 is 0 Å². The van der Waals surface area contributed by atoms with E-state index in [4.69, 9.17) is 4.74 Å². The summed E-state index contributed by atoms with van der Waals surface area (Å²) >= 11 is 0. The van der Waals surface area contributed by atoms with Crippen LogP contribution in [0.1, 0.15) is 56.5 Å². The number of amides is 1. The lowest BCUT2D eigenvalue weighted by Gasteiger charge is -2.46. The Morgan fingerprint density at radius 1 is 1.00 bits per heavy atom. The second kappa shape index (κ2) is 9.32. The number of piperidine rings is 1. The number of nitrogens with one attached hydrogen (secondary N) is 2. The molecule has 6 nitrogen and oxygen atoms in total. The number of aromatic nitrogens is 2. The molecule has 0 saturated carbocycles. The van der Waals surface area contributed by atoms with Gasteiger partial charge in [0.1, 0.15) is 18.7 Å². The summed E-state index contributed by atoms with van der Waals surface area (Å²) in [7, 11) is 0. The zero-order valence-corrected chi connectivity index (χ0v) is 19.8. The van der Waals surface area contributed by atoms with Crippen LogP contribution in [0.3, 0.4) is 0 Å². The van der Waals surface area contributed by atoms with Crippen LogP contribution in [0.15, 0.2) is 67.3 Å². The van der Waals surface area contributed by atoms with E-state index in [-0.39, 0.29) is 23.0 Å². The van der Waals surface area contributed by atoms with E-state index in [0.29, 0.717) is 12.2 Å². The quantitative estimate of drug-likeness (QED) is 0.573. The van der Waals surface area contributed by atoms with Crippen LogP contribution in [0.4, 0.5) is 0 Å². The fourth-order valence-electron chi connectivity index (χ4n) is 4.83. The molecule has 1 aromatic heterocycles. The number of benzene rings is 2. The van der Waals surface area contributed by atoms with Crippen molar-refractivity contribution in [1.29, 1.82) is 0 Å². The van der Waals surface area contributed by atoms with Gasteiger partial charge in [0, 0.05) is 40.6 Å². The van der Waals surface area contributed by atoms with Crippen LogP contribution < -0.4 is 15.4 Å². The lowest BCUT2D eigenvalue weighted by atomic mass is 9.79. The van der Waals surface area contributed by atoms with E-state index in [0.717, 1.165) is 35.3 Å². The smallest absolute Gasteiger partial charge is 0.251 e. The van der Waals surface area contributed by atoms with Crippen LogP contribution in [0.5, 0.6) is 5.75 Å². The Balaban J connectivity index is 1.35. The van der Waals surface area contributed by atoms with Crippen LogP contribution in [-0.2, 0) is 6.61 Å². The maximum atomic E-state index is 12.8. The Hall–Kier alpha value is -3.25. The highest BCUT2D eigenvalue weighted by atomic mass is 16.5. The SMILES string of the molecule is CC1(C)CC(NC(=O)c2ccc(COc3cccc(-c4cncnc4)c3)cc2)CC(C)(C)N1. The van der Waals surface area contributed by atoms with Gasteiger partial charge in [-0.1, -0.05) is 24.3 Å². The lowest BCUT2D eigenvalue weighted by molar-refractivity contribution is 0.0873. The summed E-state index contributed by atoms with van der Waals surface area (Å²) in [5.41, 5.74) is 3.60. The zero-order valence-electron chi connectivity index (χ0n) is 19.8. The molecule has 2 heterocycles. The lowest BCUT2D eigenvalue weighted by Crippen LogP contribution is -2.62. The number of rotatable bonds is 6. The summed E-state index contributed by atoms with van der Waals surface area (Å²) in [6, 6.07) is 15.6. The third-order valence-corrected chi connectivity index (χ3v) is 5.87. The molecule has 0 unspecified atom stereocenters. The monoisotopic (exact) mass is 444 g/mol. The fraction of sp³-hybridized carbons (Fsp3) is 0.370. The first kappa shape index (κ1) is 22.9. The van der Waals surface area contributed by atoms with Crippen LogP contribution in [0.25, 0.3) is 11.1 Å². The Kier molecular flexibility index (Phi) is 6.47. The predicted octanol–water partition coefficient (Wildman–Crippen LogP) is 4.76. The van der Waals surface area contributed by atoms with E-state index in [9.17, 15) is 4.79 Å². The van der Waals surface area contributed by atoms with E-state index in [1.54, 1.807) is 12.4 Å². The van der Waals surface area contributed by atoms with Crippen molar-refractivity contribution in [2.75, 3.05) is 0 Å². The Morgan fingerprint density at radius 3 is 2.33 bits per heavy atom. The molecule has 0 atom stereocenters. The van der Waals surface area contributed by atoms with Crippen molar-refractivity contribution in [1.82, 2.24) is 20.6 Å². The van der Waals surface area contributed by atoms with Gasteiger partial charge in [0.05, 0.1) is 0 Å². The van der Waals surface area contributed by atoms with Gasteiger partial charge in [-0.2, -0.15) is 0 Å². The van der Waals surface area contributed by atoms with Crippen molar-refractivity contribution in [2.24, 2.45) is 0 Å². The molecule has 33 heavy (non-hydrogen) atoms. The minimum atomic E-state index is -0.0289. The fourth-order valence-corrected chi connectivity index (χ4v) is 4.83. The van der Waals surface area contributed by atoms with Gasteiger partial charge in [0.15, 0.2) is 0 Å². The van der Waals surface area contributed by atoms with Crippen molar-refractivity contribution in [3.63, 3.8) is 0 Å². The zero-order chi connectivity index (χ0) is 23.5. The van der Waals surface area contributed by atoms with E-state index in [1.165, 1.54) is 6.33 Å². The average molecular weight is 445 g/mol. The van der Waals surface area contributed by atoms with Gasteiger partial charge in [-0.05, 0) is 75.9 Å². The van der Waals surface area contributed by atoms with Crippen molar-refractivity contribution < 1.29 is 9.53 Å². The summed E-state index contributed by atoms with van der Waals surface area (Å²) in [6.45, 7) is 9.17. The van der Waals surface area contributed by atoms with Gasteiger partial charge < -0.3 is 15.4 Å². The van der Waals surface area contributed by atoms with Crippen LogP contribution in [0.2, 0.25) is 0 Å². The van der Waals surface area contributed by atoms with Crippen LogP contribution in [0, 0.1) is 0 Å². The van der Waals surface area contributed by atoms with Crippen molar-refractivity contribution in [3.8, 4) is 16.9 Å². The predicted molar refractivity (Wildman–Crippen MR) is 130 cm³/mol. The molecule has 2 N–H and O–H groups in total. The Labute approximate surface area is 195 Å². The average Bonchev–Trinajstić information content (AvgIpc) is 2.76. The summed E-state index contributed by atoms with van der Waals surface area (Å²) in [5, 5.41) is 6.88. The molecule has 6 heteroatoms. The summed E-state index contributed by atoms with van der Waals surface area (Å²) in [4.78, 5) is 21.0. The molecule has 0 bridgehead atoms. The first-order chi connectivity index (χ1) is 15.7. The van der Waals surface area contributed by atoms with Crippen molar-refractivity contribution in [2.45, 2.75) is 64.3 Å². The summed E-state index contributed by atoms with van der Waals surface area (Å²) in [6.07, 6.45) is 6.88. The molecule has 1 aliphatic rings. The van der Waals surface area contributed by atoms with Crippen LogP contribution in [-0.4, -0.2) is 33.0 Å². The highest BCUT2D eigenvalue weighted by Crippen LogP contribution is 2.29. The van der Waals surface area contributed by atoms with Gasteiger partial charge in [0.2, 0.25) is 0 Å². The number of carbonyl (C=O) groups excluding carboxylic acids is 1. The largest absolute Gasteiger partial charge is 0.489 e. The molecule has 4 rings (SSSR count). The Morgan fingerprint density at radius 2 is 1.67 bits per heavy atom. The number of hydrogen-bond acceptors (Lipinski definition) is 5.